The Morgan fingerprint density at radius 1 is 1.31 bits per heavy atom. The lowest BCUT2D eigenvalue weighted by Gasteiger charge is -2.16. The van der Waals surface area contributed by atoms with Crippen molar-refractivity contribution in [1.29, 1.82) is 0 Å². The molecule has 7 heteroatoms. The van der Waals surface area contributed by atoms with Crippen LogP contribution in [-0.2, 0) is 0 Å². The molecular weight excluding hydrogens is 356 g/mol. The van der Waals surface area contributed by atoms with Crippen molar-refractivity contribution in [3.8, 4) is 11.5 Å². The first kappa shape index (κ1) is 19.9. The molecule has 0 heterocycles. The molecule has 0 saturated heterocycles. The molecule has 0 spiro atoms. The van der Waals surface area contributed by atoms with E-state index in [2.05, 4.69) is 5.32 Å². The standard InChI is InChI=1S/C19H23ClN2O4/c1-11(2)26-13-6-4-5-12(7-13)17(23)10-22-19(24)14-8-15(20)16(21)9-18(14)25-3/h4-9,11,17,23H,10,21H2,1-3H3,(H,22,24). The maximum absolute atomic E-state index is 12.4. The predicted molar refractivity (Wildman–Crippen MR) is 102 cm³/mol. The van der Waals surface area contributed by atoms with E-state index in [4.69, 9.17) is 26.8 Å². The largest absolute Gasteiger partial charge is 0.496 e. The van der Waals surface area contributed by atoms with Gasteiger partial charge in [0.25, 0.3) is 5.91 Å². The van der Waals surface area contributed by atoms with Gasteiger partial charge >= 0.3 is 0 Å². The number of ether oxygens (including phenoxy) is 2. The summed E-state index contributed by atoms with van der Waals surface area (Å²) in [6.07, 6.45) is -0.852. The lowest BCUT2D eigenvalue weighted by Crippen LogP contribution is -2.28. The van der Waals surface area contributed by atoms with E-state index in [0.717, 1.165) is 0 Å². The minimum atomic E-state index is -0.884. The van der Waals surface area contributed by atoms with Gasteiger partial charge in [-0.2, -0.15) is 0 Å². The van der Waals surface area contributed by atoms with Gasteiger partial charge in [-0.15, -0.1) is 0 Å². The quantitative estimate of drug-likeness (QED) is 0.643. The zero-order valence-corrected chi connectivity index (χ0v) is 15.7. The summed E-state index contributed by atoms with van der Waals surface area (Å²) in [5, 5.41) is 13.3. The summed E-state index contributed by atoms with van der Waals surface area (Å²) in [5.74, 6) is 0.554. The van der Waals surface area contributed by atoms with Gasteiger partial charge in [-0.3, -0.25) is 4.79 Å². The second-order valence-electron chi connectivity index (χ2n) is 6.04. The first-order valence-electron chi connectivity index (χ1n) is 8.17. The molecule has 2 aromatic rings. The van der Waals surface area contributed by atoms with Crippen LogP contribution in [0.3, 0.4) is 0 Å². The molecule has 0 aromatic heterocycles. The number of aliphatic hydroxyl groups is 1. The number of methoxy groups -OCH3 is 1. The Balaban J connectivity index is 2.06. The molecule has 1 unspecified atom stereocenters. The number of carbonyl (C=O) groups excluding carboxylic acids is 1. The third-order valence-corrected chi connectivity index (χ3v) is 3.96. The maximum Gasteiger partial charge on any atom is 0.255 e. The summed E-state index contributed by atoms with van der Waals surface area (Å²) in [5.41, 5.74) is 6.93. The Morgan fingerprint density at radius 2 is 2.04 bits per heavy atom. The highest BCUT2D eigenvalue weighted by atomic mass is 35.5. The number of benzene rings is 2. The van der Waals surface area contributed by atoms with Gasteiger partial charge in [0.05, 0.1) is 35.6 Å². The number of nitrogens with two attached hydrogens (primary N) is 1. The normalized spacial score (nSPS) is 11.9. The highest BCUT2D eigenvalue weighted by molar-refractivity contribution is 6.33. The second-order valence-corrected chi connectivity index (χ2v) is 6.45. The molecule has 1 atom stereocenters. The van der Waals surface area contributed by atoms with Crippen molar-refractivity contribution in [2.45, 2.75) is 26.1 Å². The van der Waals surface area contributed by atoms with Gasteiger partial charge in [0.1, 0.15) is 11.5 Å². The van der Waals surface area contributed by atoms with E-state index in [9.17, 15) is 9.90 Å². The molecule has 2 aromatic carbocycles. The maximum atomic E-state index is 12.4. The summed E-state index contributed by atoms with van der Waals surface area (Å²) in [6, 6.07) is 10.0. The van der Waals surface area contributed by atoms with Crippen LogP contribution in [0.2, 0.25) is 5.02 Å². The summed E-state index contributed by atoms with van der Waals surface area (Å²) in [4.78, 5) is 12.4. The highest BCUT2D eigenvalue weighted by Crippen LogP contribution is 2.29. The fourth-order valence-electron chi connectivity index (χ4n) is 2.39. The Hall–Kier alpha value is -2.44. The molecule has 4 N–H and O–H groups in total. The second kappa shape index (κ2) is 8.78. The molecular formula is C19H23ClN2O4. The van der Waals surface area contributed by atoms with Crippen molar-refractivity contribution >= 4 is 23.2 Å². The van der Waals surface area contributed by atoms with Crippen LogP contribution in [0.15, 0.2) is 36.4 Å². The average Bonchev–Trinajstić information content (AvgIpc) is 2.60. The summed E-state index contributed by atoms with van der Waals surface area (Å²) in [6.45, 7) is 3.87. The van der Waals surface area contributed by atoms with Crippen molar-refractivity contribution in [3.05, 3.63) is 52.5 Å². The molecule has 0 aliphatic rings. The lowest BCUT2D eigenvalue weighted by atomic mass is 10.1. The number of hydrogen-bond acceptors (Lipinski definition) is 5. The van der Waals surface area contributed by atoms with Crippen molar-refractivity contribution in [3.63, 3.8) is 0 Å². The van der Waals surface area contributed by atoms with Crippen LogP contribution < -0.4 is 20.5 Å². The number of rotatable bonds is 7. The van der Waals surface area contributed by atoms with Crippen molar-refractivity contribution in [1.82, 2.24) is 5.32 Å². The number of amides is 1. The Labute approximate surface area is 157 Å². The number of carbonyl (C=O) groups is 1. The van der Waals surface area contributed by atoms with Crippen LogP contribution in [0.1, 0.15) is 35.9 Å². The van der Waals surface area contributed by atoms with Crippen LogP contribution in [0.25, 0.3) is 0 Å². The third kappa shape index (κ3) is 5.03. The van der Waals surface area contributed by atoms with E-state index in [1.807, 2.05) is 19.9 Å². The van der Waals surface area contributed by atoms with Crippen LogP contribution >= 0.6 is 11.6 Å². The van der Waals surface area contributed by atoms with E-state index in [1.54, 1.807) is 18.2 Å². The Kier molecular flexibility index (Phi) is 6.71. The topological polar surface area (TPSA) is 93.8 Å². The van der Waals surface area contributed by atoms with Gasteiger partial charge in [0.15, 0.2) is 0 Å². The molecule has 0 saturated carbocycles. The SMILES string of the molecule is COc1cc(N)c(Cl)cc1C(=O)NCC(O)c1cccc(OC(C)C)c1. The van der Waals surface area contributed by atoms with Crippen LogP contribution in [0, 0.1) is 0 Å². The van der Waals surface area contributed by atoms with E-state index < -0.39 is 12.0 Å². The van der Waals surface area contributed by atoms with Crippen LogP contribution in [0.4, 0.5) is 5.69 Å². The van der Waals surface area contributed by atoms with Gasteiger partial charge in [0.2, 0.25) is 0 Å². The number of halogens is 1. The van der Waals surface area contributed by atoms with Crippen molar-refractivity contribution < 1.29 is 19.4 Å². The number of aliphatic hydroxyl groups excluding tert-OH is 1. The van der Waals surface area contributed by atoms with Gasteiger partial charge in [-0.25, -0.2) is 0 Å². The molecule has 0 aliphatic carbocycles. The minimum absolute atomic E-state index is 0.0229. The average molecular weight is 379 g/mol. The number of anilines is 1. The number of nitrogens with one attached hydrogen (secondary N) is 1. The summed E-state index contributed by atoms with van der Waals surface area (Å²) in [7, 11) is 1.44. The highest BCUT2D eigenvalue weighted by Gasteiger charge is 2.17. The summed E-state index contributed by atoms with van der Waals surface area (Å²) < 4.78 is 10.8. The zero-order chi connectivity index (χ0) is 19.3. The minimum Gasteiger partial charge on any atom is -0.496 e. The smallest absolute Gasteiger partial charge is 0.255 e. The lowest BCUT2D eigenvalue weighted by molar-refractivity contribution is 0.0913. The van der Waals surface area contributed by atoms with Crippen LogP contribution in [-0.4, -0.2) is 30.8 Å². The van der Waals surface area contributed by atoms with E-state index in [0.29, 0.717) is 22.7 Å². The number of hydrogen-bond donors (Lipinski definition) is 3. The predicted octanol–water partition coefficient (Wildman–Crippen LogP) is 3.18. The van der Waals surface area contributed by atoms with Gasteiger partial charge in [-0.1, -0.05) is 23.7 Å². The molecule has 6 nitrogen and oxygen atoms in total. The molecule has 26 heavy (non-hydrogen) atoms. The Bertz CT molecular complexity index is 780. The fraction of sp³-hybridized carbons (Fsp3) is 0.316. The molecule has 0 fully saturated rings. The van der Waals surface area contributed by atoms with Crippen molar-refractivity contribution in [2.24, 2.45) is 0 Å². The van der Waals surface area contributed by atoms with E-state index in [-0.39, 0.29) is 23.2 Å². The Morgan fingerprint density at radius 3 is 2.69 bits per heavy atom. The molecule has 1 amide bonds. The fourth-order valence-corrected chi connectivity index (χ4v) is 2.55. The molecule has 0 aliphatic heterocycles. The molecule has 0 radical (unpaired) electrons. The zero-order valence-electron chi connectivity index (χ0n) is 15.0. The molecule has 2 rings (SSSR count). The first-order chi connectivity index (χ1) is 12.3. The first-order valence-corrected chi connectivity index (χ1v) is 8.55. The molecule has 140 valence electrons. The van der Waals surface area contributed by atoms with E-state index >= 15 is 0 Å². The summed E-state index contributed by atoms with van der Waals surface area (Å²) >= 11 is 5.98. The van der Waals surface area contributed by atoms with Gasteiger partial charge < -0.3 is 25.6 Å². The number of nitrogen functional groups attached to an aromatic ring is 1. The third-order valence-electron chi connectivity index (χ3n) is 3.63. The van der Waals surface area contributed by atoms with Crippen LogP contribution in [0.5, 0.6) is 11.5 Å². The van der Waals surface area contributed by atoms with Gasteiger partial charge in [0, 0.05) is 12.6 Å². The molecule has 0 bridgehead atoms. The van der Waals surface area contributed by atoms with Gasteiger partial charge in [-0.05, 0) is 37.6 Å². The monoisotopic (exact) mass is 378 g/mol. The van der Waals surface area contributed by atoms with Crippen molar-refractivity contribution in [2.75, 3.05) is 19.4 Å². The van der Waals surface area contributed by atoms with E-state index in [1.165, 1.54) is 19.2 Å².